The van der Waals surface area contributed by atoms with Gasteiger partial charge in [-0.05, 0) is 61.8 Å². The summed E-state index contributed by atoms with van der Waals surface area (Å²) in [7, 11) is 0. The van der Waals surface area contributed by atoms with Crippen molar-refractivity contribution in [3.05, 3.63) is 33.9 Å². The number of aryl methyl sites for hydroxylation is 2. The number of hydrogen-bond acceptors (Lipinski definition) is 1. The van der Waals surface area contributed by atoms with Gasteiger partial charge in [0, 0.05) is 11.5 Å². The fraction of sp³-hybridized carbons (Fsp3) is 0.611. The molecule has 0 bridgehead atoms. The molecule has 1 nitrogen and oxygen atoms in total. The molecule has 0 radical (unpaired) electrons. The second kappa shape index (κ2) is 5.90. The van der Waals surface area contributed by atoms with Crippen molar-refractivity contribution in [2.75, 3.05) is 0 Å². The molecule has 0 aliphatic rings. The molecule has 0 N–H and O–H groups in total. The first-order chi connectivity index (χ1) is 8.68. The van der Waals surface area contributed by atoms with Crippen LogP contribution in [0.2, 0.25) is 0 Å². The Labute approximate surface area is 118 Å². The molecule has 0 saturated heterocycles. The Morgan fingerprint density at radius 3 is 1.53 bits per heavy atom. The van der Waals surface area contributed by atoms with E-state index in [0.717, 1.165) is 16.7 Å². The number of Topliss-reactive ketones (excluding diaryl/α,β-unsaturated/α-hetero) is 1. The number of carbonyl (C=O) groups is 1. The van der Waals surface area contributed by atoms with Gasteiger partial charge < -0.3 is 0 Å². The Kier molecular flexibility index (Phi) is 4.95. The summed E-state index contributed by atoms with van der Waals surface area (Å²) >= 11 is 0. The maximum atomic E-state index is 13.0. The SMILES string of the molecule is Cc1cc(C)c(C)c(C(=O)C(C(C)C)C(C)C)c1C. The summed E-state index contributed by atoms with van der Waals surface area (Å²) in [6.07, 6.45) is 0. The van der Waals surface area contributed by atoms with Crippen LogP contribution in [0.15, 0.2) is 6.07 Å². The zero-order valence-electron chi connectivity index (χ0n) is 13.7. The van der Waals surface area contributed by atoms with Gasteiger partial charge >= 0.3 is 0 Å². The van der Waals surface area contributed by atoms with Crippen molar-refractivity contribution in [3.8, 4) is 0 Å². The van der Waals surface area contributed by atoms with Crippen molar-refractivity contribution in [2.24, 2.45) is 17.8 Å². The van der Waals surface area contributed by atoms with E-state index in [-0.39, 0.29) is 5.92 Å². The normalized spacial score (nSPS) is 11.7. The predicted molar refractivity (Wildman–Crippen MR) is 82.9 cm³/mol. The lowest BCUT2D eigenvalue weighted by Crippen LogP contribution is -2.27. The van der Waals surface area contributed by atoms with Crippen LogP contribution in [0.4, 0.5) is 0 Å². The van der Waals surface area contributed by atoms with Gasteiger partial charge in [-0.1, -0.05) is 33.8 Å². The molecule has 1 aromatic rings. The molecule has 0 atom stereocenters. The molecular formula is C18H28O. The summed E-state index contributed by atoms with van der Waals surface area (Å²) < 4.78 is 0. The van der Waals surface area contributed by atoms with Gasteiger partial charge in [-0.3, -0.25) is 4.79 Å². The molecule has 0 aromatic heterocycles. The zero-order chi connectivity index (χ0) is 14.9. The predicted octanol–water partition coefficient (Wildman–Crippen LogP) is 5.03. The van der Waals surface area contributed by atoms with Gasteiger partial charge in [0.1, 0.15) is 0 Å². The highest BCUT2D eigenvalue weighted by Gasteiger charge is 2.29. The average molecular weight is 260 g/mol. The highest BCUT2D eigenvalue weighted by Crippen LogP contribution is 2.30. The van der Waals surface area contributed by atoms with E-state index in [1.165, 1.54) is 11.1 Å². The number of hydrogen-bond donors (Lipinski definition) is 0. The van der Waals surface area contributed by atoms with Gasteiger partial charge in [0.05, 0.1) is 0 Å². The Balaban J connectivity index is 3.41. The van der Waals surface area contributed by atoms with E-state index in [0.29, 0.717) is 17.6 Å². The van der Waals surface area contributed by atoms with Crippen LogP contribution in [0.1, 0.15) is 60.3 Å². The first kappa shape index (κ1) is 15.9. The third-order valence-corrected chi connectivity index (χ3v) is 4.35. The molecule has 0 heterocycles. The average Bonchev–Trinajstić information content (AvgIpc) is 2.25. The Morgan fingerprint density at radius 1 is 0.842 bits per heavy atom. The van der Waals surface area contributed by atoms with E-state index in [2.05, 4.69) is 61.5 Å². The highest BCUT2D eigenvalue weighted by molar-refractivity contribution is 6.01. The molecule has 0 aliphatic carbocycles. The standard InChI is InChI=1S/C18H28O/c1-10(2)16(11(3)4)18(19)17-14(7)12(5)9-13(6)15(17)8/h9-11,16H,1-8H3. The molecule has 106 valence electrons. The van der Waals surface area contributed by atoms with Crippen LogP contribution in [0, 0.1) is 45.4 Å². The Morgan fingerprint density at radius 2 is 1.21 bits per heavy atom. The first-order valence-corrected chi connectivity index (χ1v) is 7.30. The van der Waals surface area contributed by atoms with E-state index in [1.807, 2.05) is 0 Å². The molecule has 0 fully saturated rings. The van der Waals surface area contributed by atoms with Crippen LogP contribution in [-0.2, 0) is 0 Å². The second-order valence-corrected chi connectivity index (χ2v) is 6.51. The fourth-order valence-corrected chi connectivity index (χ4v) is 3.13. The molecule has 1 aromatic carbocycles. The summed E-state index contributed by atoms with van der Waals surface area (Å²) in [6, 6.07) is 2.18. The Bertz CT molecular complexity index is 447. The maximum absolute atomic E-state index is 13.0. The third-order valence-electron chi connectivity index (χ3n) is 4.35. The van der Waals surface area contributed by atoms with Crippen LogP contribution in [0.25, 0.3) is 0 Å². The molecule has 1 heteroatoms. The van der Waals surface area contributed by atoms with Crippen molar-refractivity contribution in [1.82, 2.24) is 0 Å². The lowest BCUT2D eigenvalue weighted by molar-refractivity contribution is 0.0838. The van der Waals surface area contributed by atoms with Gasteiger partial charge in [-0.15, -0.1) is 0 Å². The van der Waals surface area contributed by atoms with E-state index >= 15 is 0 Å². The van der Waals surface area contributed by atoms with Gasteiger partial charge in [-0.25, -0.2) is 0 Å². The first-order valence-electron chi connectivity index (χ1n) is 7.30. The topological polar surface area (TPSA) is 17.1 Å². The van der Waals surface area contributed by atoms with E-state index < -0.39 is 0 Å². The maximum Gasteiger partial charge on any atom is 0.167 e. The van der Waals surface area contributed by atoms with Crippen LogP contribution in [0.3, 0.4) is 0 Å². The van der Waals surface area contributed by atoms with E-state index in [4.69, 9.17) is 0 Å². The monoisotopic (exact) mass is 260 g/mol. The number of benzene rings is 1. The van der Waals surface area contributed by atoms with Gasteiger partial charge in [0.25, 0.3) is 0 Å². The molecule has 19 heavy (non-hydrogen) atoms. The summed E-state index contributed by atoms with van der Waals surface area (Å²) in [5.41, 5.74) is 5.71. The lowest BCUT2D eigenvalue weighted by atomic mass is 9.77. The highest BCUT2D eigenvalue weighted by atomic mass is 16.1. The van der Waals surface area contributed by atoms with E-state index in [1.54, 1.807) is 0 Å². The number of ketones is 1. The summed E-state index contributed by atoms with van der Waals surface area (Å²) in [6.45, 7) is 16.9. The smallest absolute Gasteiger partial charge is 0.167 e. The fourth-order valence-electron chi connectivity index (χ4n) is 3.13. The molecule has 1 rings (SSSR count). The molecule has 0 aliphatic heterocycles. The van der Waals surface area contributed by atoms with Crippen LogP contribution in [0.5, 0.6) is 0 Å². The van der Waals surface area contributed by atoms with Crippen molar-refractivity contribution in [2.45, 2.75) is 55.4 Å². The molecule has 0 unspecified atom stereocenters. The van der Waals surface area contributed by atoms with Crippen LogP contribution in [-0.4, -0.2) is 5.78 Å². The molecule has 0 saturated carbocycles. The largest absolute Gasteiger partial charge is 0.294 e. The van der Waals surface area contributed by atoms with Gasteiger partial charge in [-0.2, -0.15) is 0 Å². The van der Waals surface area contributed by atoms with Crippen LogP contribution >= 0.6 is 0 Å². The summed E-state index contributed by atoms with van der Waals surface area (Å²) in [4.78, 5) is 13.0. The minimum atomic E-state index is 0.110. The van der Waals surface area contributed by atoms with Crippen molar-refractivity contribution in [1.29, 1.82) is 0 Å². The van der Waals surface area contributed by atoms with Crippen molar-refractivity contribution in [3.63, 3.8) is 0 Å². The molecule has 0 amide bonds. The minimum Gasteiger partial charge on any atom is -0.294 e. The Hall–Kier alpha value is -1.11. The lowest BCUT2D eigenvalue weighted by Gasteiger charge is -2.26. The van der Waals surface area contributed by atoms with Crippen molar-refractivity contribution >= 4 is 5.78 Å². The second-order valence-electron chi connectivity index (χ2n) is 6.51. The molecular weight excluding hydrogens is 232 g/mol. The van der Waals surface area contributed by atoms with Crippen LogP contribution < -0.4 is 0 Å². The zero-order valence-corrected chi connectivity index (χ0v) is 13.7. The number of carbonyl (C=O) groups excluding carboxylic acids is 1. The van der Waals surface area contributed by atoms with Gasteiger partial charge in [0.15, 0.2) is 5.78 Å². The number of rotatable bonds is 4. The third kappa shape index (κ3) is 3.08. The summed E-state index contributed by atoms with van der Waals surface area (Å²) in [5, 5.41) is 0. The minimum absolute atomic E-state index is 0.110. The van der Waals surface area contributed by atoms with Gasteiger partial charge in [0.2, 0.25) is 0 Å². The quantitative estimate of drug-likeness (QED) is 0.694. The summed E-state index contributed by atoms with van der Waals surface area (Å²) in [5.74, 6) is 1.20. The molecule has 0 spiro atoms. The van der Waals surface area contributed by atoms with E-state index in [9.17, 15) is 4.79 Å². The van der Waals surface area contributed by atoms with Crippen molar-refractivity contribution < 1.29 is 4.79 Å².